The smallest absolute Gasteiger partial charge is 0.250 e. The van der Waals surface area contributed by atoms with Crippen LogP contribution in [0.3, 0.4) is 0 Å². The summed E-state index contributed by atoms with van der Waals surface area (Å²) < 4.78 is 5.78. The Morgan fingerprint density at radius 2 is 1.81 bits per heavy atom. The molecule has 0 aliphatic carbocycles. The minimum absolute atomic E-state index is 0.192. The molecule has 4 aromatic rings. The number of fused-ring (bicyclic) bond motifs is 1. The van der Waals surface area contributed by atoms with Gasteiger partial charge in [-0.2, -0.15) is 5.10 Å². The zero-order chi connectivity index (χ0) is 21.3. The van der Waals surface area contributed by atoms with Gasteiger partial charge in [0.2, 0.25) is 0 Å². The highest BCUT2D eigenvalue weighted by Crippen LogP contribution is 2.18. The number of carbonyl (C=O) groups excluding carboxylic acids is 1. The fraction of sp³-hybridized carbons (Fsp3) is 0.125. The van der Waals surface area contributed by atoms with E-state index in [0.717, 1.165) is 28.8 Å². The van der Waals surface area contributed by atoms with Crippen LogP contribution in [-0.4, -0.2) is 34.4 Å². The van der Waals surface area contributed by atoms with Crippen molar-refractivity contribution in [3.8, 4) is 5.75 Å². The number of para-hydroxylation sites is 2. The van der Waals surface area contributed by atoms with Crippen LogP contribution in [0.15, 0.2) is 89.1 Å². The normalized spacial score (nSPS) is 11.1. The molecule has 7 heteroatoms. The van der Waals surface area contributed by atoms with Crippen molar-refractivity contribution in [2.24, 2.45) is 5.10 Å². The van der Waals surface area contributed by atoms with E-state index in [-0.39, 0.29) is 11.7 Å². The second-order valence-electron chi connectivity index (χ2n) is 6.79. The number of nitrogens with one attached hydrogen (secondary N) is 2. The minimum Gasteiger partial charge on any atom is -0.493 e. The third-order valence-electron chi connectivity index (χ3n) is 4.49. The van der Waals surface area contributed by atoms with Crippen molar-refractivity contribution in [1.82, 2.24) is 15.4 Å². The van der Waals surface area contributed by atoms with Gasteiger partial charge in [-0.05, 0) is 47.5 Å². The maximum Gasteiger partial charge on any atom is 0.250 e. The Bertz CT molecular complexity index is 1120. The first-order chi connectivity index (χ1) is 15.3. The number of rotatable bonds is 9. The first-order valence-electron chi connectivity index (χ1n) is 9.92. The Morgan fingerprint density at radius 3 is 2.61 bits per heavy atom. The second-order valence-corrected chi connectivity index (χ2v) is 7.76. The first-order valence-corrected chi connectivity index (χ1v) is 10.9. The monoisotopic (exact) mass is 430 g/mol. The van der Waals surface area contributed by atoms with Crippen LogP contribution in [0.5, 0.6) is 5.75 Å². The Kier molecular flexibility index (Phi) is 6.97. The zero-order valence-corrected chi connectivity index (χ0v) is 17.6. The van der Waals surface area contributed by atoms with Crippen LogP contribution in [0.2, 0.25) is 0 Å². The lowest BCUT2D eigenvalue weighted by molar-refractivity contribution is -0.118. The maximum absolute atomic E-state index is 12.0. The average Bonchev–Trinajstić information content (AvgIpc) is 3.23. The fourth-order valence-electron chi connectivity index (χ4n) is 2.92. The van der Waals surface area contributed by atoms with Gasteiger partial charge in [-0.25, -0.2) is 10.4 Å². The van der Waals surface area contributed by atoms with Crippen molar-refractivity contribution in [2.75, 3.05) is 12.4 Å². The van der Waals surface area contributed by atoms with Crippen molar-refractivity contribution >= 4 is 34.9 Å². The van der Waals surface area contributed by atoms with Gasteiger partial charge in [-0.1, -0.05) is 54.2 Å². The number of benzene rings is 3. The van der Waals surface area contributed by atoms with E-state index < -0.39 is 0 Å². The molecule has 0 saturated carbocycles. The molecule has 1 aromatic heterocycles. The molecule has 0 unspecified atom stereocenters. The van der Waals surface area contributed by atoms with E-state index in [2.05, 4.69) is 32.6 Å². The van der Waals surface area contributed by atoms with Crippen LogP contribution >= 0.6 is 11.8 Å². The number of ether oxygens (including phenoxy) is 1. The Labute approximate surface area is 184 Å². The van der Waals surface area contributed by atoms with Crippen molar-refractivity contribution in [1.29, 1.82) is 0 Å². The van der Waals surface area contributed by atoms with Crippen LogP contribution < -0.4 is 10.2 Å². The second kappa shape index (κ2) is 10.4. The lowest BCUT2D eigenvalue weighted by Crippen LogP contribution is -2.19. The summed E-state index contributed by atoms with van der Waals surface area (Å²) in [5.41, 5.74) is 6.50. The molecule has 6 nitrogen and oxygen atoms in total. The number of hydrogen-bond donors (Lipinski definition) is 2. The summed E-state index contributed by atoms with van der Waals surface area (Å²) in [6.07, 6.45) is 2.47. The van der Waals surface area contributed by atoms with Gasteiger partial charge >= 0.3 is 0 Å². The van der Waals surface area contributed by atoms with Crippen LogP contribution in [0.25, 0.3) is 11.0 Å². The van der Waals surface area contributed by atoms with Crippen molar-refractivity contribution in [3.05, 3.63) is 90.0 Å². The molecule has 0 bridgehead atoms. The molecule has 1 amide bonds. The van der Waals surface area contributed by atoms with E-state index in [9.17, 15) is 4.79 Å². The fourth-order valence-corrected chi connectivity index (χ4v) is 3.60. The molecular weight excluding hydrogens is 408 g/mol. The highest BCUT2D eigenvalue weighted by Gasteiger charge is 2.06. The summed E-state index contributed by atoms with van der Waals surface area (Å²) in [7, 11) is 0. The van der Waals surface area contributed by atoms with E-state index in [0.29, 0.717) is 11.8 Å². The van der Waals surface area contributed by atoms with E-state index in [1.165, 1.54) is 17.3 Å². The van der Waals surface area contributed by atoms with Gasteiger partial charge in [0.1, 0.15) is 5.75 Å². The number of carbonyl (C=O) groups is 1. The lowest BCUT2D eigenvalue weighted by atomic mass is 10.2. The van der Waals surface area contributed by atoms with Gasteiger partial charge in [-0.15, -0.1) is 0 Å². The van der Waals surface area contributed by atoms with Crippen LogP contribution in [0.1, 0.15) is 11.1 Å². The zero-order valence-electron chi connectivity index (χ0n) is 16.8. The van der Waals surface area contributed by atoms with E-state index in [1.807, 2.05) is 66.7 Å². The molecule has 31 heavy (non-hydrogen) atoms. The third-order valence-corrected chi connectivity index (χ3v) is 5.37. The number of aromatic amines is 1. The molecule has 1 heterocycles. The average molecular weight is 431 g/mol. The Balaban J connectivity index is 1.19. The number of imidazole rings is 1. The largest absolute Gasteiger partial charge is 0.493 e. The summed E-state index contributed by atoms with van der Waals surface area (Å²) in [4.78, 5) is 19.6. The molecule has 156 valence electrons. The van der Waals surface area contributed by atoms with Gasteiger partial charge in [0.05, 0.1) is 29.6 Å². The van der Waals surface area contributed by atoms with Crippen molar-refractivity contribution < 1.29 is 9.53 Å². The van der Waals surface area contributed by atoms with Crippen LogP contribution in [0, 0.1) is 0 Å². The molecule has 0 radical (unpaired) electrons. The standard InChI is InChI=1S/C24H22N4O2S/c29-23(17-31-24-26-21-8-4-5-9-22(21)27-24)28-25-16-19-10-12-20(13-11-19)30-15-14-18-6-2-1-3-7-18/h1-13,16H,14-15,17H2,(H,26,27)(H,28,29)/b25-16+. The van der Waals surface area contributed by atoms with Gasteiger partial charge in [-0.3, -0.25) is 4.79 Å². The molecular formula is C24H22N4O2S. The van der Waals surface area contributed by atoms with Crippen LogP contribution in [0.4, 0.5) is 0 Å². The van der Waals surface area contributed by atoms with Crippen molar-refractivity contribution in [3.63, 3.8) is 0 Å². The lowest BCUT2D eigenvalue weighted by Gasteiger charge is -2.06. The van der Waals surface area contributed by atoms with Crippen LogP contribution in [-0.2, 0) is 11.2 Å². The molecule has 0 fully saturated rings. The number of nitrogens with zero attached hydrogens (tertiary/aromatic N) is 2. The number of amides is 1. The first kappa shape index (κ1) is 20.7. The highest BCUT2D eigenvalue weighted by atomic mass is 32.2. The summed E-state index contributed by atoms with van der Waals surface area (Å²) in [6.45, 7) is 0.621. The molecule has 2 N–H and O–H groups in total. The van der Waals surface area contributed by atoms with E-state index in [1.54, 1.807) is 6.21 Å². The predicted molar refractivity (Wildman–Crippen MR) is 125 cm³/mol. The minimum atomic E-state index is -0.192. The number of thioether (sulfide) groups is 1. The van der Waals surface area contributed by atoms with E-state index in [4.69, 9.17) is 4.74 Å². The quantitative estimate of drug-likeness (QED) is 0.234. The molecule has 4 rings (SSSR count). The number of H-pyrrole nitrogens is 1. The molecule has 0 aliphatic heterocycles. The predicted octanol–water partition coefficient (Wildman–Crippen LogP) is 4.43. The topological polar surface area (TPSA) is 79.4 Å². The number of hydrogen-bond acceptors (Lipinski definition) is 5. The molecule has 0 spiro atoms. The van der Waals surface area contributed by atoms with Gasteiger partial charge < -0.3 is 9.72 Å². The summed E-state index contributed by atoms with van der Waals surface area (Å²) in [6, 6.07) is 25.6. The Hall–Kier alpha value is -3.58. The summed E-state index contributed by atoms with van der Waals surface area (Å²) >= 11 is 1.34. The number of aromatic nitrogens is 2. The van der Waals surface area contributed by atoms with Gasteiger partial charge in [0, 0.05) is 6.42 Å². The SMILES string of the molecule is O=C(CSc1nc2ccccc2[nH]1)N/N=C/c1ccc(OCCc2ccccc2)cc1. The van der Waals surface area contributed by atoms with Gasteiger partial charge in [0.25, 0.3) is 5.91 Å². The number of hydrazone groups is 1. The molecule has 0 saturated heterocycles. The highest BCUT2D eigenvalue weighted by molar-refractivity contribution is 7.99. The summed E-state index contributed by atoms with van der Waals surface area (Å²) in [5, 5.41) is 4.73. The van der Waals surface area contributed by atoms with Gasteiger partial charge in [0.15, 0.2) is 5.16 Å². The summed E-state index contributed by atoms with van der Waals surface area (Å²) in [5.74, 6) is 0.840. The maximum atomic E-state index is 12.0. The Morgan fingerprint density at radius 1 is 1.03 bits per heavy atom. The van der Waals surface area contributed by atoms with E-state index >= 15 is 0 Å². The van der Waals surface area contributed by atoms with Crippen molar-refractivity contribution in [2.45, 2.75) is 11.6 Å². The molecule has 3 aromatic carbocycles. The third kappa shape index (κ3) is 6.20. The molecule has 0 atom stereocenters. The molecule has 0 aliphatic rings.